The van der Waals surface area contributed by atoms with E-state index in [-0.39, 0.29) is 10.8 Å². The zero-order valence-electron chi connectivity index (χ0n) is 11.3. The number of hydrogen-bond acceptors (Lipinski definition) is 3. The topological polar surface area (TPSA) is 56.4 Å². The molecule has 5 nitrogen and oxygen atoms in total. The number of likely N-dealkylation sites (N-methyl/N-ethyl adjacent to an activating group) is 2. The van der Waals surface area contributed by atoms with Gasteiger partial charge in [-0.3, -0.25) is 0 Å². The van der Waals surface area contributed by atoms with Crippen LogP contribution in [0, 0.1) is 0 Å². The molecule has 0 aliphatic carbocycles. The highest BCUT2D eigenvalue weighted by Gasteiger charge is 2.28. The molecule has 0 bridgehead atoms. The number of sulfonamides is 1. The maximum atomic E-state index is 12.4. The molecule has 0 aromatic carbocycles. The molecule has 1 N–H and O–H groups in total. The van der Waals surface area contributed by atoms with Crippen molar-refractivity contribution in [3.63, 3.8) is 0 Å². The minimum Gasteiger partial charge on any atom is -0.363 e. The van der Waals surface area contributed by atoms with Gasteiger partial charge in [-0.1, -0.05) is 0 Å². The molecule has 2 heterocycles. The summed E-state index contributed by atoms with van der Waals surface area (Å²) in [7, 11) is 0.253. The average molecular weight is 306 g/mol. The SMILES string of the molecule is CN1CCCC1CN(C)S(=O)(=O)c1c[nH]c(CCl)c1. The number of rotatable bonds is 5. The monoisotopic (exact) mass is 305 g/mol. The smallest absolute Gasteiger partial charge is 0.244 e. The Morgan fingerprint density at radius 2 is 2.32 bits per heavy atom. The fraction of sp³-hybridized carbons (Fsp3) is 0.667. The summed E-state index contributed by atoms with van der Waals surface area (Å²) < 4.78 is 26.2. The fourth-order valence-electron chi connectivity index (χ4n) is 2.43. The van der Waals surface area contributed by atoms with E-state index >= 15 is 0 Å². The van der Waals surface area contributed by atoms with Crippen molar-refractivity contribution in [3.05, 3.63) is 18.0 Å². The lowest BCUT2D eigenvalue weighted by Crippen LogP contribution is -2.39. The largest absolute Gasteiger partial charge is 0.363 e. The number of likely N-dealkylation sites (tertiary alicyclic amines) is 1. The van der Waals surface area contributed by atoms with Crippen LogP contribution in [0.2, 0.25) is 0 Å². The highest BCUT2D eigenvalue weighted by molar-refractivity contribution is 7.89. The van der Waals surface area contributed by atoms with E-state index in [1.54, 1.807) is 13.1 Å². The van der Waals surface area contributed by atoms with Crippen molar-refractivity contribution in [1.82, 2.24) is 14.2 Å². The molecule has 0 saturated carbocycles. The molecule has 1 saturated heterocycles. The summed E-state index contributed by atoms with van der Waals surface area (Å²) in [6.07, 6.45) is 3.69. The Kier molecular flexibility index (Phi) is 4.55. The number of alkyl halides is 1. The number of hydrogen-bond donors (Lipinski definition) is 1. The van der Waals surface area contributed by atoms with Crippen LogP contribution in [0.3, 0.4) is 0 Å². The number of H-pyrrole nitrogens is 1. The third kappa shape index (κ3) is 3.13. The van der Waals surface area contributed by atoms with E-state index < -0.39 is 10.0 Å². The molecule has 108 valence electrons. The first-order chi connectivity index (χ1) is 8.95. The van der Waals surface area contributed by atoms with Gasteiger partial charge in [0.05, 0.1) is 10.8 Å². The van der Waals surface area contributed by atoms with Gasteiger partial charge in [0, 0.05) is 31.5 Å². The van der Waals surface area contributed by atoms with Gasteiger partial charge in [0.25, 0.3) is 0 Å². The molecule has 1 aromatic rings. The number of halogens is 1. The van der Waals surface area contributed by atoms with Gasteiger partial charge in [-0.15, -0.1) is 11.6 Å². The first kappa shape index (κ1) is 14.8. The van der Waals surface area contributed by atoms with Crippen LogP contribution in [-0.2, 0) is 15.9 Å². The number of nitrogens with one attached hydrogen (secondary N) is 1. The summed E-state index contributed by atoms with van der Waals surface area (Å²) in [6, 6.07) is 1.91. The van der Waals surface area contributed by atoms with Gasteiger partial charge in [0.2, 0.25) is 10.0 Å². The molecule has 19 heavy (non-hydrogen) atoms. The van der Waals surface area contributed by atoms with Crippen LogP contribution in [0.1, 0.15) is 18.5 Å². The maximum absolute atomic E-state index is 12.4. The van der Waals surface area contributed by atoms with Crippen LogP contribution in [0.25, 0.3) is 0 Å². The summed E-state index contributed by atoms with van der Waals surface area (Å²) in [5, 5.41) is 0. The van der Waals surface area contributed by atoms with Crippen LogP contribution in [-0.4, -0.2) is 55.8 Å². The van der Waals surface area contributed by atoms with E-state index in [0.29, 0.717) is 18.3 Å². The number of aromatic nitrogens is 1. The van der Waals surface area contributed by atoms with Crippen molar-refractivity contribution < 1.29 is 8.42 Å². The van der Waals surface area contributed by atoms with Crippen LogP contribution < -0.4 is 0 Å². The minimum absolute atomic E-state index is 0.282. The van der Waals surface area contributed by atoms with Gasteiger partial charge in [-0.05, 0) is 32.5 Å². The fourth-order valence-corrected chi connectivity index (χ4v) is 3.81. The molecule has 0 amide bonds. The molecule has 1 atom stereocenters. The summed E-state index contributed by atoms with van der Waals surface area (Å²) >= 11 is 5.68. The van der Waals surface area contributed by atoms with Crippen molar-refractivity contribution in [2.45, 2.75) is 29.7 Å². The van der Waals surface area contributed by atoms with Crippen molar-refractivity contribution in [3.8, 4) is 0 Å². The van der Waals surface area contributed by atoms with Crippen molar-refractivity contribution in [2.75, 3.05) is 27.2 Å². The summed E-state index contributed by atoms with van der Waals surface area (Å²) in [5.74, 6) is 0.282. The lowest BCUT2D eigenvalue weighted by atomic mass is 10.2. The average Bonchev–Trinajstić information content (AvgIpc) is 2.99. The molecular formula is C12H20ClN3O2S. The molecule has 1 fully saturated rings. The molecule has 1 aliphatic heterocycles. The van der Waals surface area contributed by atoms with Crippen molar-refractivity contribution in [2.24, 2.45) is 0 Å². The Morgan fingerprint density at radius 3 is 2.84 bits per heavy atom. The predicted octanol–water partition coefficient (Wildman–Crippen LogP) is 1.47. The zero-order chi connectivity index (χ0) is 14.0. The molecule has 7 heteroatoms. The summed E-state index contributed by atoms with van der Waals surface area (Å²) in [6.45, 7) is 1.57. The van der Waals surface area contributed by atoms with E-state index in [9.17, 15) is 8.42 Å². The third-order valence-electron chi connectivity index (χ3n) is 3.71. The number of nitrogens with zero attached hydrogens (tertiary/aromatic N) is 2. The first-order valence-corrected chi connectivity index (χ1v) is 8.32. The van der Waals surface area contributed by atoms with Crippen molar-refractivity contribution >= 4 is 21.6 Å². The highest BCUT2D eigenvalue weighted by atomic mass is 35.5. The Bertz CT molecular complexity index is 529. The second-order valence-electron chi connectivity index (χ2n) is 5.06. The Morgan fingerprint density at radius 1 is 1.58 bits per heavy atom. The predicted molar refractivity (Wildman–Crippen MR) is 75.8 cm³/mol. The van der Waals surface area contributed by atoms with Crippen LogP contribution in [0.4, 0.5) is 0 Å². The summed E-state index contributed by atoms with van der Waals surface area (Å²) in [4.78, 5) is 5.37. The summed E-state index contributed by atoms with van der Waals surface area (Å²) in [5.41, 5.74) is 0.714. The zero-order valence-corrected chi connectivity index (χ0v) is 12.8. The minimum atomic E-state index is -3.42. The second-order valence-corrected chi connectivity index (χ2v) is 7.37. The molecule has 1 unspecified atom stereocenters. The quantitative estimate of drug-likeness (QED) is 0.838. The third-order valence-corrected chi connectivity index (χ3v) is 5.80. The van der Waals surface area contributed by atoms with Crippen LogP contribution in [0.15, 0.2) is 17.2 Å². The van der Waals surface area contributed by atoms with E-state index in [4.69, 9.17) is 11.6 Å². The molecule has 1 aromatic heterocycles. The highest BCUT2D eigenvalue weighted by Crippen LogP contribution is 2.20. The Labute approximate surface area is 119 Å². The van der Waals surface area contributed by atoms with Crippen LogP contribution >= 0.6 is 11.6 Å². The van der Waals surface area contributed by atoms with Gasteiger partial charge in [-0.25, -0.2) is 8.42 Å². The van der Waals surface area contributed by atoms with E-state index in [1.165, 1.54) is 10.5 Å². The molecule has 0 spiro atoms. The Hall–Kier alpha value is -0.560. The molecule has 2 rings (SSSR count). The lowest BCUT2D eigenvalue weighted by Gasteiger charge is -2.25. The van der Waals surface area contributed by atoms with Crippen molar-refractivity contribution in [1.29, 1.82) is 0 Å². The van der Waals surface area contributed by atoms with Gasteiger partial charge < -0.3 is 9.88 Å². The Balaban J connectivity index is 2.10. The van der Waals surface area contributed by atoms with E-state index in [2.05, 4.69) is 9.88 Å². The molecule has 1 aliphatic rings. The lowest BCUT2D eigenvalue weighted by molar-refractivity contribution is 0.271. The van der Waals surface area contributed by atoms with Gasteiger partial charge in [-0.2, -0.15) is 4.31 Å². The maximum Gasteiger partial charge on any atom is 0.244 e. The van der Waals surface area contributed by atoms with Gasteiger partial charge >= 0.3 is 0 Å². The standard InChI is InChI=1S/C12H20ClN3O2S/c1-15-5-3-4-11(15)9-16(2)19(17,18)12-6-10(7-13)14-8-12/h6,8,11,14H,3-5,7,9H2,1-2H3. The van der Waals surface area contributed by atoms with Crippen LogP contribution in [0.5, 0.6) is 0 Å². The van der Waals surface area contributed by atoms with Gasteiger partial charge in [0.15, 0.2) is 0 Å². The van der Waals surface area contributed by atoms with E-state index in [1.807, 2.05) is 7.05 Å². The number of aromatic amines is 1. The molecule has 0 radical (unpaired) electrons. The second kappa shape index (κ2) is 5.83. The molecular weight excluding hydrogens is 286 g/mol. The normalized spacial score (nSPS) is 21.4. The van der Waals surface area contributed by atoms with E-state index in [0.717, 1.165) is 19.4 Å². The van der Waals surface area contributed by atoms with Gasteiger partial charge in [0.1, 0.15) is 0 Å². The first-order valence-electron chi connectivity index (χ1n) is 6.35.